The summed E-state index contributed by atoms with van der Waals surface area (Å²) in [7, 11) is 0. The largest absolute Gasteiger partial charge is 0.363 e. The van der Waals surface area contributed by atoms with E-state index in [1.54, 1.807) is 0 Å². The number of hydrogen-bond acceptors (Lipinski definition) is 2. The minimum absolute atomic E-state index is 0.337. The molecule has 1 aromatic heterocycles. The maximum absolute atomic E-state index is 4.57. The van der Waals surface area contributed by atoms with Gasteiger partial charge >= 0.3 is 0 Å². The molecular weight excluding hydrogens is 256 g/mol. The standard InChI is InChI=1S/C19H24N2/c1-14(2)18(16-9-4-3-5-10-16)21-19-17-11-7-6-8-15(17)12-13-20-19/h6-8,11-13,16,18H,1,3-5,9-10H2,2H3,(H,20,21). The normalized spacial score (nSPS) is 17.6. The molecule has 3 rings (SSSR count). The first kappa shape index (κ1) is 14.1. The monoisotopic (exact) mass is 280 g/mol. The number of nitrogens with zero attached hydrogens (tertiary/aromatic N) is 1. The zero-order chi connectivity index (χ0) is 14.7. The predicted molar refractivity (Wildman–Crippen MR) is 90.5 cm³/mol. The van der Waals surface area contributed by atoms with Crippen LogP contribution < -0.4 is 5.32 Å². The Morgan fingerprint density at radius 2 is 1.95 bits per heavy atom. The molecule has 2 nitrogen and oxygen atoms in total. The van der Waals surface area contributed by atoms with E-state index in [1.165, 1.54) is 48.4 Å². The highest BCUT2D eigenvalue weighted by Gasteiger charge is 2.24. The van der Waals surface area contributed by atoms with Gasteiger partial charge in [-0.2, -0.15) is 0 Å². The van der Waals surface area contributed by atoms with Crippen molar-refractivity contribution in [2.45, 2.75) is 45.1 Å². The third-order valence-corrected chi connectivity index (χ3v) is 4.62. The minimum Gasteiger partial charge on any atom is -0.363 e. The van der Waals surface area contributed by atoms with Gasteiger partial charge in [-0.3, -0.25) is 0 Å². The average Bonchev–Trinajstić information content (AvgIpc) is 2.53. The van der Waals surface area contributed by atoms with Crippen molar-refractivity contribution in [3.63, 3.8) is 0 Å². The van der Waals surface area contributed by atoms with Crippen LogP contribution in [0.2, 0.25) is 0 Å². The van der Waals surface area contributed by atoms with Crippen LogP contribution in [0, 0.1) is 5.92 Å². The Morgan fingerprint density at radius 3 is 2.71 bits per heavy atom. The number of rotatable bonds is 4. The van der Waals surface area contributed by atoms with Crippen LogP contribution >= 0.6 is 0 Å². The Hall–Kier alpha value is -1.83. The van der Waals surface area contributed by atoms with E-state index in [0.717, 1.165) is 5.82 Å². The summed E-state index contributed by atoms with van der Waals surface area (Å²) in [5, 5.41) is 6.11. The molecule has 1 aliphatic carbocycles. The van der Waals surface area contributed by atoms with E-state index in [9.17, 15) is 0 Å². The number of aromatic nitrogens is 1. The molecule has 110 valence electrons. The number of nitrogens with one attached hydrogen (secondary N) is 1. The number of fused-ring (bicyclic) bond motifs is 1. The lowest BCUT2D eigenvalue weighted by atomic mass is 9.81. The van der Waals surface area contributed by atoms with Gasteiger partial charge in [0, 0.05) is 11.6 Å². The van der Waals surface area contributed by atoms with E-state index < -0.39 is 0 Å². The molecule has 0 spiro atoms. The van der Waals surface area contributed by atoms with Gasteiger partial charge in [-0.15, -0.1) is 0 Å². The van der Waals surface area contributed by atoms with Gasteiger partial charge in [0.15, 0.2) is 0 Å². The van der Waals surface area contributed by atoms with E-state index in [1.807, 2.05) is 6.20 Å². The third-order valence-electron chi connectivity index (χ3n) is 4.62. The molecule has 1 N–H and O–H groups in total. The first-order valence-corrected chi connectivity index (χ1v) is 8.01. The second-order valence-electron chi connectivity index (χ2n) is 6.25. The van der Waals surface area contributed by atoms with Gasteiger partial charge in [0.25, 0.3) is 0 Å². The Balaban J connectivity index is 1.89. The molecule has 1 fully saturated rings. The fourth-order valence-electron chi connectivity index (χ4n) is 3.49. The van der Waals surface area contributed by atoms with E-state index >= 15 is 0 Å². The van der Waals surface area contributed by atoms with Crippen LogP contribution in [0.3, 0.4) is 0 Å². The van der Waals surface area contributed by atoms with E-state index in [0.29, 0.717) is 12.0 Å². The van der Waals surface area contributed by atoms with Gasteiger partial charge in [-0.1, -0.05) is 55.7 Å². The Bertz CT molecular complexity index is 621. The first-order valence-electron chi connectivity index (χ1n) is 8.01. The lowest BCUT2D eigenvalue weighted by Gasteiger charge is -2.32. The molecule has 1 aromatic carbocycles. The highest BCUT2D eigenvalue weighted by Crippen LogP contribution is 2.32. The molecule has 1 atom stereocenters. The summed E-state index contributed by atoms with van der Waals surface area (Å²) in [4.78, 5) is 4.57. The number of anilines is 1. The fourth-order valence-corrected chi connectivity index (χ4v) is 3.49. The molecule has 0 amide bonds. The van der Waals surface area contributed by atoms with Crippen LogP contribution in [-0.2, 0) is 0 Å². The highest BCUT2D eigenvalue weighted by atomic mass is 15.0. The molecule has 0 radical (unpaired) electrons. The summed E-state index contributed by atoms with van der Waals surface area (Å²) in [5.74, 6) is 1.68. The predicted octanol–water partition coefficient (Wildman–Crippen LogP) is 5.17. The summed E-state index contributed by atoms with van der Waals surface area (Å²) in [6, 6.07) is 10.8. The SMILES string of the molecule is C=C(C)C(Nc1nccc2ccccc12)C1CCCCC1. The molecule has 0 saturated heterocycles. The summed E-state index contributed by atoms with van der Waals surface area (Å²) in [5.41, 5.74) is 1.22. The van der Waals surface area contributed by atoms with Gasteiger partial charge in [0.2, 0.25) is 0 Å². The summed E-state index contributed by atoms with van der Waals surface area (Å²) in [6.07, 6.45) is 8.57. The van der Waals surface area contributed by atoms with Gasteiger partial charge in [-0.05, 0) is 37.1 Å². The second-order valence-corrected chi connectivity index (χ2v) is 6.25. The van der Waals surface area contributed by atoms with Crippen molar-refractivity contribution < 1.29 is 0 Å². The Labute approximate surface area is 127 Å². The molecule has 2 heteroatoms. The lowest BCUT2D eigenvalue weighted by Crippen LogP contribution is -2.32. The number of hydrogen-bond donors (Lipinski definition) is 1. The molecule has 1 saturated carbocycles. The van der Waals surface area contributed by atoms with Crippen molar-refractivity contribution in [1.29, 1.82) is 0 Å². The first-order chi connectivity index (χ1) is 10.3. The smallest absolute Gasteiger partial charge is 0.134 e. The van der Waals surface area contributed by atoms with Crippen LogP contribution in [0.25, 0.3) is 10.8 Å². The molecule has 1 heterocycles. The van der Waals surface area contributed by atoms with Crippen molar-refractivity contribution in [2.75, 3.05) is 5.32 Å². The second kappa shape index (κ2) is 6.30. The molecule has 21 heavy (non-hydrogen) atoms. The molecule has 0 aliphatic heterocycles. The molecule has 1 unspecified atom stereocenters. The molecule has 0 bridgehead atoms. The third kappa shape index (κ3) is 3.10. The number of benzene rings is 1. The quantitative estimate of drug-likeness (QED) is 0.781. The van der Waals surface area contributed by atoms with Gasteiger partial charge < -0.3 is 5.32 Å². The van der Waals surface area contributed by atoms with Crippen molar-refractivity contribution in [3.05, 3.63) is 48.7 Å². The minimum atomic E-state index is 0.337. The van der Waals surface area contributed by atoms with Crippen LogP contribution in [-0.4, -0.2) is 11.0 Å². The maximum Gasteiger partial charge on any atom is 0.134 e. The van der Waals surface area contributed by atoms with Crippen LogP contribution in [0.4, 0.5) is 5.82 Å². The van der Waals surface area contributed by atoms with Crippen molar-refractivity contribution >= 4 is 16.6 Å². The van der Waals surface area contributed by atoms with E-state index in [-0.39, 0.29) is 0 Å². The number of pyridine rings is 1. The highest BCUT2D eigenvalue weighted by molar-refractivity contribution is 5.91. The lowest BCUT2D eigenvalue weighted by molar-refractivity contribution is 0.336. The van der Waals surface area contributed by atoms with Crippen LogP contribution in [0.15, 0.2) is 48.7 Å². The summed E-state index contributed by atoms with van der Waals surface area (Å²) >= 11 is 0. The van der Waals surface area contributed by atoms with E-state index in [2.05, 4.69) is 54.1 Å². The molecular formula is C19H24N2. The Morgan fingerprint density at radius 1 is 1.19 bits per heavy atom. The van der Waals surface area contributed by atoms with E-state index in [4.69, 9.17) is 0 Å². The maximum atomic E-state index is 4.57. The van der Waals surface area contributed by atoms with Gasteiger partial charge in [-0.25, -0.2) is 4.98 Å². The van der Waals surface area contributed by atoms with Crippen LogP contribution in [0.5, 0.6) is 0 Å². The Kier molecular flexibility index (Phi) is 4.23. The van der Waals surface area contributed by atoms with Crippen molar-refractivity contribution in [1.82, 2.24) is 4.98 Å². The zero-order valence-electron chi connectivity index (χ0n) is 12.8. The van der Waals surface area contributed by atoms with Crippen LogP contribution in [0.1, 0.15) is 39.0 Å². The van der Waals surface area contributed by atoms with Crippen molar-refractivity contribution in [3.8, 4) is 0 Å². The summed E-state index contributed by atoms with van der Waals surface area (Å²) in [6.45, 7) is 6.35. The topological polar surface area (TPSA) is 24.9 Å². The molecule has 1 aliphatic rings. The summed E-state index contributed by atoms with van der Waals surface area (Å²) < 4.78 is 0. The van der Waals surface area contributed by atoms with Crippen molar-refractivity contribution in [2.24, 2.45) is 5.92 Å². The van der Waals surface area contributed by atoms with Gasteiger partial charge in [0.1, 0.15) is 5.82 Å². The average molecular weight is 280 g/mol. The fraction of sp³-hybridized carbons (Fsp3) is 0.421. The molecule has 2 aromatic rings. The zero-order valence-corrected chi connectivity index (χ0v) is 12.8. The van der Waals surface area contributed by atoms with Gasteiger partial charge in [0.05, 0.1) is 6.04 Å².